The van der Waals surface area contributed by atoms with Crippen LogP contribution in [0.25, 0.3) is 10.8 Å². The number of hydrogen-bond acceptors (Lipinski definition) is 4. The zero-order valence-corrected chi connectivity index (χ0v) is 17.9. The molecule has 1 heterocycles. The predicted molar refractivity (Wildman–Crippen MR) is 126 cm³/mol. The van der Waals surface area contributed by atoms with E-state index in [1.54, 1.807) is 42.6 Å². The first-order valence-electron chi connectivity index (χ1n) is 10.4. The number of para-hydroxylation sites is 1. The van der Waals surface area contributed by atoms with Gasteiger partial charge in [0, 0.05) is 17.3 Å². The third-order valence-electron chi connectivity index (χ3n) is 4.75. The number of aromatic nitrogens is 1. The van der Waals surface area contributed by atoms with Gasteiger partial charge in [0.05, 0.1) is 6.10 Å². The normalized spacial score (nSPS) is 10.8. The van der Waals surface area contributed by atoms with Crippen molar-refractivity contribution in [1.82, 2.24) is 4.57 Å². The number of nitrogens with one attached hydrogen (secondary N) is 1. The lowest BCUT2D eigenvalue weighted by molar-refractivity contribution is -0.116. The van der Waals surface area contributed by atoms with E-state index in [0.717, 1.165) is 11.1 Å². The van der Waals surface area contributed by atoms with Crippen molar-refractivity contribution in [1.29, 1.82) is 0 Å². The van der Waals surface area contributed by atoms with Gasteiger partial charge in [-0.25, -0.2) is 0 Å². The van der Waals surface area contributed by atoms with Gasteiger partial charge in [-0.05, 0) is 79.9 Å². The van der Waals surface area contributed by atoms with Gasteiger partial charge in [0.25, 0.3) is 5.56 Å². The number of benzene rings is 3. The van der Waals surface area contributed by atoms with Crippen LogP contribution < -0.4 is 20.3 Å². The van der Waals surface area contributed by atoms with Crippen molar-refractivity contribution >= 4 is 22.4 Å². The minimum atomic E-state index is -0.289. The number of anilines is 1. The maximum absolute atomic E-state index is 12.8. The van der Waals surface area contributed by atoms with Crippen molar-refractivity contribution < 1.29 is 14.3 Å². The number of fused-ring (bicyclic) bond motifs is 1. The largest absolute Gasteiger partial charge is 0.491 e. The van der Waals surface area contributed by atoms with E-state index in [9.17, 15) is 9.59 Å². The lowest BCUT2D eigenvalue weighted by atomic mass is 10.1. The molecule has 0 spiro atoms. The molecular weight excluding hydrogens is 404 g/mol. The number of rotatable bonds is 7. The Balaban J connectivity index is 1.42. The van der Waals surface area contributed by atoms with E-state index in [1.807, 2.05) is 56.3 Å². The molecule has 4 rings (SSSR count). The molecule has 32 heavy (non-hydrogen) atoms. The Kier molecular flexibility index (Phi) is 6.22. The van der Waals surface area contributed by atoms with Gasteiger partial charge >= 0.3 is 0 Å². The molecule has 6 nitrogen and oxygen atoms in total. The average molecular weight is 428 g/mol. The molecule has 1 aromatic heterocycles. The monoisotopic (exact) mass is 428 g/mol. The second-order valence-corrected chi connectivity index (χ2v) is 7.65. The molecular formula is C26H24N2O4. The molecule has 6 heteroatoms. The van der Waals surface area contributed by atoms with E-state index in [-0.39, 0.29) is 24.1 Å². The Bertz CT molecular complexity index is 1280. The van der Waals surface area contributed by atoms with Crippen LogP contribution in [0.1, 0.15) is 13.8 Å². The van der Waals surface area contributed by atoms with E-state index in [1.165, 1.54) is 4.57 Å². The van der Waals surface area contributed by atoms with Gasteiger partial charge < -0.3 is 19.4 Å². The smallest absolute Gasteiger partial charge is 0.258 e. The van der Waals surface area contributed by atoms with Crippen LogP contribution in [0, 0.1) is 0 Å². The van der Waals surface area contributed by atoms with Gasteiger partial charge in [0.1, 0.15) is 23.8 Å². The van der Waals surface area contributed by atoms with Crippen molar-refractivity contribution in [3.63, 3.8) is 0 Å². The van der Waals surface area contributed by atoms with Gasteiger partial charge in [-0.3, -0.25) is 9.59 Å². The number of hydrogen-bond donors (Lipinski definition) is 1. The fourth-order valence-corrected chi connectivity index (χ4v) is 3.32. The third kappa shape index (κ3) is 5.16. The van der Waals surface area contributed by atoms with Crippen LogP contribution in [-0.4, -0.2) is 16.6 Å². The fourth-order valence-electron chi connectivity index (χ4n) is 3.32. The summed E-state index contributed by atoms with van der Waals surface area (Å²) in [5.41, 5.74) is 0.403. The highest BCUT2D eigenvalue weighted by Crippen LogP contribution is 2.23. The van der Waals surface area contributed by atoms with Gasteiger partial charge in [0.2, 0.25) is 5.91 Å². The molecule has 0 radical (unpaired) electrons. The van der Waals surface area contributed by atoms with Crippen molar-refractivity contribution in [3.8, 4) is 17.2 Å². The first-order chi connectivity index (χ1) is 15.5. The molecule has 0 unspecified atom stereocenters. The second-order valence-electron chi connectivity index (χ2n) is 7.65. The summed E-state index contributed by atoms with van der Waals surface area (Å²) < 4.78 is 12.8. The lowest BCUT2D eigenvalue weighted by Gasteiger charge is -2.12. The molecule has 1 amide bonds. The number of ether oxygens (including phenoxy) is 2. The van der Waals surface area contributed by atoms with E-state index in [4.69, 9.17) is 9.47 Å². The molecule has 0 bridgehead atoms. The van der Waals surface area contributed by atoms with Crippen LogP contribution in [0.2, 0.25) is 0 Å². The molecule has 1 N–H and O–H groups in total. The molecule has 0 saturated heterocycles. The maximum Gasteiger partial charge on any atom is 0.258 e. The number of carbonyl (C=O) groups excluding carboxylic acids is 1. The van der Waals surface area contributed by atoms with E-state index in [0.29, 0.717) is 22.6 Å². The van der Waals surface area contributed by atoms with Crippen molar-refractivity contribution in [2.45, 2.75) is 26.5 Å². The van der Waals surface area contributed by atoms with Gasteiger partial charge in [-0.15, -0.1) is 0 Å². The second kappa shape index (κ2) is 9.39. The zero-order valence-electron chi connectivity index (χ0n) is 17.9. The summed E-state index contributed by atoms with van der Waals surface area (Å²) in [7, 11) is 0. The Morgan fingerprint density at radius 1 is 0.906 bits per heavy atom. The Hall–Kier alpha value is -4.06. The van der Waals surface area contributed by atoms with Crippen LogP contribution in [0.4, 0.5) is 5.69 Å². The highest BCUT2D eigenvalue weighted by Gasteiger charge is 2.09. The molecule has 0 saturated carbocycles. The quantitative estimate of drug-likeness (QED) is 0.438. The zero-order chi connectivity index (χ0) is 22.5. The Labute approximate surface area is 186 Å². The lowest BCUT2D eigenvalue weighted by Crippen LogP contribution is -2.27. The summed E-state index contributed by atoms with van der Waals surface area (Å²) in [6, 6.07) is 23.7. The van der Waals surface area contributed by atoms with Gasteiger partial charge in [0.15, 0.2) is 0 Å². The summed E-state index contributed by atoms with van der Waals surface area (Å²) in [6.45, 7) is 3.82. The number of nitrogens with zero attached hydrogens (tertiary/aromatic N) is 1. The first kappa shape index (κ1) is 21.2. The summed E-state index contributed by atoms with van der Waals surface area (Å²) in [6.07, 6.45) is 1.68. The third-order valence-corrected chi connectivity index (χ3v) is 4.75. The fraction of sp³-hybridized carbons (Fsp3) is 0.154. The molecule has 0 aliphatic heterocycles. The SMILES string of the molecule is CC(C)Oc1ccc2c(=O)n(CC(=O)Nc3ccc(Oc4ccccc4)cc3)ccc2c1. The molecule has 0 fully saturated rings. The van der Waals surface area contributed by atoms with Crippen LogP contribution in [-0.2, 0) is 11.3 Å². The Morgan fingerprint density at radius 3 is 2.31 bits per heavy atom. The molecule has 3 aromatic carbocycles. The first-order valence-corrected chi connectivity index (χ1v) is 10.4. The summed E-state index contributed by atoms with van der Waals surface area (Å²) in [5, 5.41) is 4.13. The molecule has 0 aliphatic rings. The van der Waals surface area contributed by atoms with E-state index < -0.39 is 0 Å². The van der Waals surface area contributed by atoms with Crippen LogP contribution in [0.3, 0.4) is 0 Å². The average Bonchev–Trinajstić information content (AvgIpc) is 2.77. The van der Waals surface area contributed by atoms with Crippen LogP contribution in [0.15, 0.2) is 89.9 Å². The Morgan fingerprint density at radius 2 is 1.59 bits per heavy atom. The van der Waals surface area contributed by atoms with Crippen molar-refractivity contribution in [3.05, 3.63) is 95.4 Å². The van der Waals surface area contributed by atoms with Crippen LogP contribution >= 0.6 is 0 Å². The molecule has 4 aromatic rings. The standard InChI is InChI=1S/C26H24N2O4/c1-18(2)31-23-12-13-24-19(16-23)14-15-28(26(24)30)17-25(29)27-20-8-10-22(11-9-20)32-21-6-4-3-5-7-21/h3-16,18H,17H2,1-2H3,(H,27,29). The summed E-state index contributed by atoms with van der Waals surface area (Å²) in [4.78, 5) is 25.3. The number of pyridine rings is 1. The molecule has 0 aliphatic carbocycles. The van der Waals surface area contributed by atoms with Crippen molar-refractivity contribution in [2.24, 2.45) is 0 Å². The maximum atomic E-state index is 12.8. The van der Waals surface area contributed by atoms with Crippen molar-refractivity contribution in [2.75, 3.05) is 5.32 Å². The van der Waals surface area contributed by atoms with E-state index >= 15 is 0 Å². The van der Waals surface area contributed by atoms with Gasteiger partial charge in [-0.1, -0.05) is 18.2 Å². The topological polar surface area (TPSA) is 69.6 Å². The minimum Gasteiger partial charge on any atom is -0.491 e. The van der Waals surface area contributed by atoms with Crippen LogP contribution in [0.5, 0.6) is 17.2 Å². The highest BCUT2D eigenvalue weighted by atomic mass is 16.5. The molecule has 0 atom stereocenters. The van der Waals surface area contributed by atoms with Gasteiger partial charge in [-0.2, -0.15) is 0 Å². The number of amides is 1. The summed E-state index contributed by atoms with van der Waals surface area (Å²) in [5.74, 6) is 1.83. The predicted octanol–water partition coefficient (Wildman–Crippen LogP) is 5.22. The molecule has 162 valence electrons. The highest BCUT2D eigenvalue weighted by molar-refractivity contribution is 5.91. The van der Waals surface area contributed by atoms with E-state index in [2.05, 4.69) is 5.32 Å². The summed E-state index contributed by atoms with van der Waals surface area (Å²) >= 11 is 0. The number of carbonyl (C=O) groups is 1. The minimum absolute atomic E-state index is 0.0514.